The number of esters is 1. The monoisotopic (exact) mass is 220 g/mol. The molecular formula is C13H16O3. The molecule has 3 heteroatoms. The summed E-state index contributed by atoms with van der Waals surface area (Å²) in [4.78, 5) is 11.3. The van der Waals surface area contributed by atoms with Crippen molar-refractivity contribution in [2.24, 2.45) is 0 Å². The largest absolute Gasteiger partial charge is 0.493 e. The van der Waals surface area contributed by atoms with Gasteiger partial charge in [0.2, 0.25) is 0 Å². The van der Waals surface area contributed by atoms with E-state index in [0.717, 1.165) is 17.7 Å². The molecule has 0 bridgehead atoms. The maximum Gasteiger partial charge on any atom is 0.306 e. The highest BCUT2D eigenvalue weighted by Gasteiger charge is 2.26. The molecule has 1 aliphatic rings. The molecule has 1 aliphatic heterocycles. The van der Waals surface area contributed by atoms with Crippen LogP contribution in [0.1, 0.15) is 30.4 Å². The normalized spacial score (nSPS) is 17.8. The van der Waals surface area contributed by atoms with Gasteiger partial charge in [-0.1, -0.05) is 19.1 Å². The van der Waals surface area contributed by atoms with Crippen LogP contribution in [-0.2, 0) is 16.0 Å². The number of rotatable bonds is 3. The third kappa shape index (κ3) is 2.03. The van der Waals surface area contributed by atoms with Crippen LogP contribution >= 0.6 is 0 Å². The van der Waals surface area contributed by atoms with E-state index in [9.17, 15) is 4.79 Å². The Morgan fingerprint density at radius 2 is 2.38 bits per heavy atom. The average molecular weight is 220 g/mol. The Kier molecular flexibility index (Phi) is 3.13. The van der Waals surface area contributed by atoms with Gasteiger partial charge >= 0.3 is 5.97 Å². The van der Waals surface area contributed by atoms with E-state index in [4.69, 9.17) is 4.74 Å². The molecule has 0 saturated heterocycles. The molecule has 0 saturated carbocycles. The molecule has 0 fully saturated rings. The van der Waals surface area contributed by atoms with Crippen LogP contribution in [0.4, 0.5) is 0 Å². The number of carbonyl (C=O) groups excluding carboxylic acids is 1. The summed E-state index contributed by atoms with van der Waals surface area (Å²) in [6.45, 7) is 2.70. The lowest BCUT2D eigenvalue weighted by Gasteiger charge is -2.07. The van der Waals surface area contributed by atoms with Crippen LogP contribution in [0.3, 0.4) is 0 Å². The molecule has 0 N–H and O–H groups in total. The van der Waals surface area contributed by atoms with Crippen LogP contribution in [-0.4, -0.2) is 19.7 Å². The number of ether oxygens (including phenoxy) is 2. The SMILES string of the molecule is CCc1ccc2c(c1)C(CC(=O)OC)CO2. The number of hydrogen-bond donors (Lipinski definition) is 0. The van der Waals surface area contributed by atoms with Gasteiger partial charge < -0.3 is 9.47 Å². The molecule has 86 valence electrons. The minimum absolute atomic E-state index is 0.147. The van der Waals surface area contributed by atoms with Crippen molar-refractivity contribution in [2.75, 3.05) is 13.7 Å². The zero-order chi connectivity index (χ0) is 11.5. The minimum Gasteiger partial charge on any atom is -0.493 e. The van der Waals surface area contributed by atoms with E-state index < -0.39 is 0 Å². The van der Waals surface area contributed by atoms with Crippen molar-refractivity contribution in [3.63, 3.8) is 0 Å². The molecule has 0 spiro atoms. The van der Waals surface area contributed by atoms with Gasteiger partial charge in [0.1, 0.15) is 5.75 Å². The molecule has 0 aromatic heterocycles. The average Bonchev–Trinajstić information content (AvgIpc) is 2.71. The van der Waals surface area contributed by atoms with E-state index in [1.807, 2.05) is 6.07 Å². The molecule has 1 heterocycles. The molecule has 0 radical (unpaired) electrons. The Balaban J connectivity index is 2.20. The molecule has 0 amide bonds. The first-order chi connectivity index (χ1) is 7.74. The minimum atomic E-state index is -0.177. The summed E-state index contributed by atoms with van der Waals surface area (Å²) in [5, 5.41) is 0. The smallest absolute Gasteiger partial charge is 0.306 e. The van der Waals surface area contributed by atoms with Crippen LogP contribution < -0.4 is 4.74 Å². The van der Waals surface area contributed by atoms with E-state index in [1.165, 1.54) is 12.7 Å². The lowest BCUT2D eigenvalue weighted by Crippen LogP contribution is -2.09. The van der Waals surface area contributed by atoms with Crippen molar-refractivity contribution in [1.29, 1.82) is 0 Å². The fourth-order valence-corrected chi connectivity index (χ4v) is 2.00. The first kappa shape index (κ1) is 11.0. The van der Waals surface area contributed by atoms with Gasteiger partial charge in [0.25, 0.3) is 0 Å². The number of aryl methyl sites for hydroxylation is 1. The van der Waals surface area contributed by atoms with Gasteiger partial charge in [-0.05, 0) is 18.1 Å². The maximum absolute atomic E-state index is 11.3. The lowest BCUT2D eigenvalue weighted by atomic mass is 9.96. The quantitative estimate of drug-likeness (QED) is 0.733. The van der Waals surface area contributed by atoms with E-state index in [2.05, 4.69) is 23.8 Å². The molecule has 0 aliphatic carbocycles. The summed E-state index contributed by atoms with van der Waals surface area (Å²) < 4.78 is 10.2. The summed E-state index contributed by atoms with van der Waals surface area (Å²) in [7, 11) is 1.42. The summed E-state index contributed by atoms with van der Waals surface area (Å²) in [5.41, 5.74) is 2.42. The zero-order valence-electron chi connectivity index (χ0n) is 9.66. The Morgan fingerprint density at radius 1 is 1.56 bits per heavy atom. The summed E-state index contributed by atoms with van der Waals surface area (Å²) in [5.74, 6) is 0.878. The second-order valence-corrected chi connectivity index (χ2v) is 4.01. The molecule has 2 rings (SSSR count). The first-order valence-electron chi connectivity index (χ1n) is 5.57. The van der Waals surface area contributed by atoms with Gasteiger partial charge in [-0.15, -0.1) is 0 Å². The van der Waals surface area contributed by atoms with Gasteiger partial charge in [-0.2, -0.15) is 0 Å². The summed E-state index contributed by atoms with van der Waals surface area (Å²) >= 11 is 0. The highest BCUT2D eigenvalue weighted by molar-refractivity contribution is 5.71. The topological polar surface area (TPSA) is 35.5 Å². The molecular weight excluding hydrogens is 204 g/mol. The summed E-state index contributed by atoms with van der Waals surface area (Å²) in [6, 6.07) is 6.20. The van der Waals surface area contributed by atoms with Crippen molar-refractivity contribution in [1.82, 2.24) is 0 Å². The van der Waals surface area contributed by atoms with Crippen LogP contribution in [0.2, 0.25) is 0 Å². The third-order valence-electron chi connectivity index (χ3n) is 3.00. The Hall–Kier alpha value is -1.51. The number of fused-ring (bicyclic) bond motifs is 1. The van der Waals surface area contributed by atoms with Crippen molar-refractivity contribution in [3.8, 4) is 5.75 Å². The van der Waals surface area contributed by atoms with E-state index in [-0.39, 0.29) is 11.9 Å². The fraction of sp³-hybridized carbons (Fsp3) is 0.462. The summed E-state index contributed by atoms with van der Waals surface area (Å²) in [6.07, 6.45) is 1.40. The molecule has 1 aromatic carbocycles. The maximum atomic E-state index is 11.3. The molecule has 1 atom stereocenters. The Morgan fingerprint density at radius 3 is 3.06 bits per heavy atom. The van der Waals surface area contributed by atoms with Crippen LogP contribution in [0.15, 0.2) is 18.2 Å². The number of methoxy groups -OCH3 is 1. The fourth-order valence-electron chi connectivity index (χ4n) is 2.00. The van der Waals surface area contributed by atoms with Gasteiger partial charge in [-0.25, -0.2) is 0 Å². The number of hydrogen-bond acceptors (Lipinski definition) is 3. The molecule has 1 unspecified atom stereocenters. The molecule has 3 nitrogen and oxygen atoms in total. The number of benzene rings is 1. The third-order valence-corrected chi connectivity index (χ3v) is 3.00. The Bertz CT molecular complexity index is 398. The number of carbonyl (C=O) groups is 1. The second-order valence-electron chi connectivity index (χ2n) is 4.01. The second kappa shape index (κ2) is 4.56. The standard InChI is InChI=1S/C13H16O3/c1-3-9-4-5-12-11(6-9)10(8-16-12)7-13(14)15-2/h4-6,10H,3,7-8H2,1-2H3. The predicted molar refractivity (Wildman–Crippen MR) is 60.7 cm³/mol. The Labute approximate surface area is 95.4 Å². The van der Waals surface area contributed by atoms with Gasteiger partial charge in [-0.3, -0.25) is 4.79 Å². The molecule has 16 heavy (non-hydrogen) atoms. The van der Waals surface area contributed by atoms with E-state index >= 15 is 0 Å². The van der Waals surface area contributed by atoms with Crippen LogP contribution in [0, 0.1) is 0 Å². The molecule has 1 aromatic rings. The lowest BCUT2D eigenvalue weighted by molar-refractivity contribution is -0.141. The highest BCUT2D eigenvalue weighted by atomic mass is 16.5. The van der Waals surface area contributed by atoms with Crippen molar-refractivity contribution >= 4 is 5.97 Å². The van der Waals surface area contributed by atoms with Crippen LogP contribution in [0.5, 0.6) is 5.75 Å². The van der Waals surface area contributed by atoms with Gasteiger partial charge in [0, 0.05) is 11.5 Å². The zero-order valence-corrected chi connectivity index (χ0v) is 9.66. The highest BCUT2D eigenvalue weighted by Crippen LogP contribution is 2.36. The van der Waals surface area contributed by atoms with Crippen molar-refractivity contribution in [3.05, 3.63) is 29.3 Å². The van der Waals surface area contributed by atoms with Crippen molar-refractivity contribution in [2.45, 2.75) is 25.7 Å². The van der Waals surface area contributed by atoms with Crippen molar-refractivity contribution < 1.29 is 14.3 Å². The van der Waals surface area contributed by atoms with Gasteiger partial charge in [0.15, 0.2) is 0 Å². The van der Waals surface area contributed by atoms with Crippen LogP contribution in [0.25, 0.3) is 0 Å². The van der Waals surface area contributed by atoms with E-state index in [1.54, 1.807) is 0 Å². The van der Waals surface area contributed by atoms with E-state index in [0.29, 0.717) is 13.0 Å². The first-order valence-corrected chi connectivity index (χ1v) is 5.57. The van der Waals surface area contributed by atoms with Gasteiger partial charge in [0.05, 0.1) is 20.1 Å². The predicted octanol–water partition coefficient (Wildman–Crippen LogP) is 2.29.